The molecule has 0 spiro atoms. The summed E-state index contributed by atoms with van der Waals surface area (Å²) in [6.07, 6.45) is 2.04. The maximum atomic E-state index is 12.7. The number of carbonyl (C=O) groups excluding carboxylic acids is 1. The lowest BCUT2D eigenvalue weighted by Gasteiger charge is -2.19. The van der Waals surface area contributed by atoms with Gasteiger partial charge in [-0.05, 0) is 37.2 Å². The first-order valence-electron chi connectivity index (χ1n) is 6.83. The normalized spacial score (nSPS) is 16.8. The molecule has 1 aliphatic carbocycles. The minimum atomic E-state index is -3.20. The van der Waals surface area contributed by atoms with E-state index in [-0.39, 0.29) is 5.78 Å². The molecule has 1 aromatic rings. The van der Waals surface area contributed by atoms with E-state index in [1.807, 2.05) is 6.92 Å². The standard InChI is InChI=1S/C14H19O4PS/c1-3-10-20-19(16,17-4-2)18-14-7-5-6-11-12(14)8-9-13(11)15/h5-7H,3-4,8-10H2,1-2H3. The molecule has 6 heteroatoms. The van der Waals surface area contributed by atoms with E-state index in [4.69, 9.17) is 9.05 Å². The highest BCUT2D eigenvalue weighted by molar-refractivity contribution is 8.55. The lowest BCUT2D eigenvalue weighted by atomic mass is 10.1. The number of hydrogen-bond acceptors (Lipinski definition) is 5. The molecule has 1 unspecified atom stereocenters. The van der Waals surface area contributed by atoms with E-state index in [1.54, 1.807) is 25.1 Å². The summed E-state index contributed by atoms with van der Waals surface area (Å²) in [6.45, 7) is 0.940. The lowest BCUT2D eigenvalue weighted by Crippen LogP contribution is -1.99. The Balaban J connectivity index is 2.23. The largest absolute Gasteiger partial charge is 0.440 e. The number of Topliss-reactive ketones (excluding diaryl/α,β-unsaturated/α-hetero) is 1. The highest BCUT2D eigenvalue weighted by Gasteiger charge is 2.30. The lowest BCUT2D eigenvalue weighted by molar-refractivity contribution is 0.0994. The summed E-state index contributed by atoms with van der Waals surface area (Å²) in [5.74, 6) is 1.36. The number of benzene rings is 1. The van der Waals surface area contributed by atoms with E-state index in [0.717, 1.165) is 12.0 Å². The summed E-state index contributed by atoms with van der Waals surface area (Å²) in [6, 6.07) is 5.32. The van der Waals surface area contributed by atoms with Crippen molar-refractivity contribution >= 4 is 24.0 Å². The summed E-state index contributed by atoms with van der Waals surface area (Å²) in [5, 5.41) is 0. The SMILES string of the molecule is CCCSP(=O)(OCC)Oc1cccc2c1CCC2=O. The van der Waals surface area contributed by atoms with Crippen molar-refractivity contribution in [3.05, 3.63) is 29.3 Å². The van der Waals surface area contributed by atoms with Crippen LogP contribution in [-0.2, 0) is 15.5 Å². The maximum absolute atomic E-state index is 12.7. The van der Waals surface area contributed by atoms with Gasteiger partial charge < -0.3 is 4.52 Å². The van der Waals surface area contributed by atoms with Gasteiger partial charge >= 0.3 is 6.80 Å². The average Bonchev–Trinajstić information content (AvgIpc) is 2.80. The second-order valence-electron chi connectivity index (χ2n) is 4.49. The van der Waals surface area contributed by atoms with E-state index < -0.39 is 6.80 Å². The van der Waals surface area contributed by atoms with E-state index in [1.165, 1.54) is 11.4 Å². The minimum Gasteiger partial charge on any atom is -0.417 e. The van der Waals surface area contributed by atoms with Gasteiger partial charge in [0.1, 0.15) is 5.75 Å². The quantitative estimate of drug-likeness (QED) is 0.694. The monoisotopic (exact) mass is 314 g/mol. The van der Waals surface area contributed by atoms with Gasteiger partial charge in [0.2, 0.25) is 0 Å². The predicted octanol–water partition coefficient (Wildman–Crippen LogP) is 4.48. The molecule has 1 atom stereocenters. The summed E-state index contributed by atoms with van der Waals surface area (Å²) in [5.41, 5.74) is 1.54. The second-order valence-corrected chi connectivity index (χ2v) is 8.61. The van der Waals surface area contributed by atoms with Crippen LogP contribution < -0.4 is 4.52 Å². The van der Waals surface area contributed by atoms with Crippen LogP contribution in [0.5, 0.6) is 5.75 Å². The Morgan fingerprint density at radius 1 is 1.30 bits per heavy atom. The molecule has 1 aromatic carbocycles. The fourth-order valence-electron chi connectivity index (χ4n) is 2.12. The van der Waals surface area contributed by atoms with Gasteiger partial charge in [-0.15, -0.1) is 0 Å². The van der Waals surface area contributed by atoms with E-state index >= 15 is 0 Å². The molecule has 20 heavy (non-hydrogen) atoms. The molecule has 0 saturated carbocycles. The molecular weight excluding hydrogens is 295 g/mol. The third kappa shape index (κ3) is 3.46. The molecule has 0 bridgehead atoms. The molecule has 1 aliphatic rings. The minimum absolute atomic E-state index is 0.123. The summed E-state index contributed by atoms with van der Waals surface area (Å²) < 4.78 is 23.7. The van der Waals surface area contributed by atoms with Crippen molar-refractivity contribution in [1.29, 1.82) is 0 Å². The third-order valence-corrected chi connectivity index (χ3v) is 6.92. The van der Waals surface area contributed by atoms with Gasteiger partial charge in [-0.2, -0.15) is 0 Å². The first-order valence-corrected chi connectivity index (χ1v) is 9.96. The van der Waals surface area contributed by atoms with Crippen molar-refractivity contribution < 1.29 is 18.4 Å². The first kappa shape index (κ1) is 15.6. The van der Waals surface area contributed by atoms with Gasteiger partial charge in [-0.1, -0.05) is 19.1 Å². The van der Waals surface area contributed by atoms with Crippen molar-refractivity contribution in [2.24, 2.45) is 0 Å². The highest BCUT2D eigenvalue weighted by Crippen LogP contribution is 2.60. The topological polar surface area (TPSA) is 52.6 Å². The van der Waals surface area contributed by atoms with Gasteiger partial charge in [0, 0.05) is 23.3 Å². The zero-order valence-corrected chi connectivity index (χ0v) is 13.5. The van der Waals surface area contributed by atoms with E-state index in [0.29, 0.717) is 36.5 Å². The van der Waals surface area contributed by atoms with Crippen LogP contribution in [0.4, 0.5) is 0 Å². The Morgan fingerprint density at radius 3 is 2.80 bits per heavy atom. The van der Waals surface area contributed by atoms with Crippen LogP contribution in [0.15, 0.2) is 18.2 Å². The second kappa shape index (κ2) is 6.79. The third-order valence-electron chi connectivity index (χ3n) is 2.99. The van der Waals surface area contributed by atoms with Gasteiger partial charge in [-0.25, -0.2) is 4.57 Å². The number of rotatable bonds is 7. The maximum Gasteiger partial charge on any atom is 0.440 e. The molecule has 0 aliphatic heterocycles. The van der Waals surface area contributed by atoms with Crippen molar-refractivity contribution in [1.82, 2.24) is 0 Å². The van der Waals surface area contributed by atoms with Crippen molar-refractivity contribution in [2.75, 3.05) is 12.4 Å². The molecule has 110 valence electrons. The average molecular weight is 314 g/mol. The van der Waals surface area contributed by atoms with Crippen LogP contribution >= 0.6 is 18.2 Å². The van der Waals surface area contributed by atoms with Crippen LogP contribution in [0.1, 0.15) is 42.6 Å². The molecular formula is C14H19O4PS. The molecule has 0 radical (unpaired) electrons. The summed E-state index contributed by atoms with van der Waals surface area (Å²) >= 11 is 1.22. The molecule has 0 N–H and O–H groups in total. The number of ketones is 1. The Hall–Kier alpha value is -0.770. The van der Waals surface area contributed by atoms with Crippen LogP contribution in [0.25, 0.3) is 0 Å². The Kier molecular flexibility index (Phi) is 5.30. The smallest absolute Gasteiger partial charge is 0.417 e. The fourth-order valence-corrected chi connectivity index (χ4v) is 5.59. The molecule has 0 fully saturated rings. The van der Waals surface area contributed by atoms with Gasteiger partial charge in [0.25, 0.3) is 0 Å². The zero-order valence-electron chi connectivity index (χ0n) is 11.8. The number of carbonyl (C=O) groups is 1. The number of fused-ring (bicyclic) bond motifs is 1. The van der Waals surface area contributed by atoms with Crippen molar-refractivity contribution in [3.8, 4) is 5.75 Å². The van der Waals surface area contributed by atoms with Crippen LogP contribution in [0, 0.1) is 0 Å². The fraction of sp³-hybridized carbons (Fsp3) is 0.500. The Morgan fingerprint density at radius 2 is 2.10 bits per heavy atom. The molecule has 4 nitrogen and oxygen atoms in total. The first-order chi connectivity index (χ1) is 9.59. The van der Waals surface area contributed by atoms with Crippen molar-refractivity contribution in [2.45, 2.75) is 33.1 Å². The van der Waals surface area contributed by atoms with Gasteiger partial charge in [0.05, 0.1) is 6.61 Å². The van der Waals surface area contributed by atoms with E-state index in [2.05, 4.69) is 0 Å². The molecule has 0 heterocycles. The van der Waals surface area contributed by atoms with E-state index in [9.17, 15) is 9.36 Å². The van der Waals surface area contributed by atoms with Crippen LogP contribution in [0.3, 0.4) is 0 Å². The van der Waals surface area contributed by atoms with Crippen LogP contribution in [-0.4, -0.2) is 18.1 Å². The number of hydrogen-bond donors (Lipinski definition) is 0. The van der Waals surface area contributed by atoms with Gasteiger partial charge in [-0.3, -0.25) is 9.32 Å². The van der Waals surface area contributed by atoms with Gasteiger partial charge in [0.15, 0.2) is 5.78 Å². The Labute approximate surface area is 123 Å². The molecule has 0 saturated heterocycles. The Bertz CT molecular complexity index is 544. The predicted molar refractivity (Wildman–Crippen MR) is 81.7 cm³/mol. The molecule has 0 aromatic heterocycles. The molecule has 2 rings (SSSR count). The summed E-state index contributed by atoms with van der Waals surface area (Å²) in [7, 11) is 0. The highest BCUT2D eigenvalue weighted by atomic mass is 32.7. The van der Waals surface area contributed by atoms with Crippen LogP contribution in [0.2, 0.25) is 0 Å². The van der Waals surface area contributed by atoms with Crippen molar-refractivity contribution in [3.63, 3.8) is 0 Å². The molecule has 0 amide bonds. The zero-order chi connectivity index (χ0) is 14.6. The summed E-state index contributed by atoms with van der Waals surface area (Å²) in [4.78, 5) is 11.7.